The Morgan fingerprint density at radius 2 is 1.15 bits per heavy atom. The van der Waals surface area contributed by atoms with Crippen LogP contribution < -0.4 is 24.8 Å². The van der Waals surface area contributed by atoms with Gasteiger partial charge in [-0.1, -0.05) is 126 Å². The van der Waals surface area contributed by atoms with E-state index in [-0.39, 0.29) is 51.0 Å². The molecule has 0 saturated heterocycles. The van der Waals surface area contributed by atoms with Crippen molar-refractivity contribution >= 4 is 21.5 Å². The standard InChI is InChI=1S/C24H27.C20H21.2ClH.Zr/c1-17(2)18-11-13-20(14-12-18)23-10-6-9-21-15-22(16-24(21)23)19-7-4-3-5-8-19;1-4-15(3)16-8-10-17(11-9-16)19-7-5-6-18-12-14(2)13-20(18)19;;;/h6,9-17,19H,3-5,7-8H2,1-2H3;5-13,15H,4H2,1-3H3;2*1H;/q2*-1;;;+4/p-2. The van der Waals surface area contributed by atoms with Crippen LogP contribution in [0.15, 0.2) is 109 Å². The topological polar surface area (TPSA) is 0 Å². The second kappa shape index (κ2) is 17.8. The van der Waals surface area contributed by atoms with Gasteiger partial charge >= 0.3 is 26.2 Å². The van der Waals surface area contributed by atoms with Gasteiger partial charge in [-0.05, 0) is 59.3 Å². The van der Waals surface area contributed by atoms with Crippen molar-refractivity contribution in [1.29, 1.82) is 0 Å². The van der Waals surface area contributed by atoms with E-state index in [0.717, 1.165) is 5.92 Å². The van der Waals surface area contributed by atoms with Gasteiger partial charge in [-0.3, -0.25) is 0 Å². The van der Waals surface area contributed by atoms with Crippen LogP contribution in [-0.2, 0) is 26.2 Å². The Morgan fingerprint density at radius 3 is 1.68 bits per heavy atom. The zero-order valence-corrected chi connectivity index (χ0v) is 32.6. The molecule has 6 aromatic rings. The van der Waals surface area contributed by atoms with Crippen LogP contribution in [0.3, 0.4) is 0 Å². The summed E-state index contributed by atoms with van der Waals surface area (Å²) >= 11 is 0. The first-order valence-corrected chi connectivity index (χ1v) is 17.0. The predicted octanol–water partition coefficient (Wildman–Crippen LogP) is 7.45. The van der Waals surface area contributed by atoms with Crippen LogP contribution in [0.2, 0.25) is 0 Å². The molecule has 0 bridgehead atoms. The molecule has 0 nitrogen and oxygen atoms in total. The van der Waals surface area contributed by atoms with Gasteiger partial charge in [0, 0.05) is 0 Å². The third kappa shape index (κ3) is 8.98. The smallest absolute Gasteiger partial charge is 1.00 e. The summed E-state index contributed by atoms with van der Waals surface area (Å²) in [5, 5.41) is 5.53. The minimum Gasteiger partial charge on any atom is -1.00 e. The quantitative estimate of drug-likeness (QED) is 0.156. The van der Waals surface area contributed by atoms with E-state index in [4.69, 9.17) is 0 Å². The molecule has 0 spiro atoms. The second-order valence-electron chi connectivity index (χ2n) is 13.5. The Bertz CT molecular complexity index is 1820. The van der Waals surface area contributed by atoms with E-state index in [1.54, 1.807) is 5.56 Å². The molecule has 0 amide bonds. The van der Waals surface area contributed by atoms with E-state index in [9.17, 15) is 0 Å². The number of benzene rings is 4. The molecule has 7 rings (SSSR count). The minimum absolute atomic E-state index is 0. The summed E-state index contributed by atoms with van der Waals surface area (Å²) in [6.45, 7) is 11.2. The molecule has 1 saturated carbocycles. The number of hydrogen-bond acceptors (Lipinski definition) is 0. The Labute approximate surface area is 315 Å². The molecule has 242 valence electrons. The number of aryl methyl sites for hydroxylation is 1. The zero-order valence-electron chi connectivity index (χ0n) is 28.6. The number of hydrogen-bond donors (Lipinski definition) is 0. The molecule has 0 radical (unpaired) electrons. The molecule has 1 aliphatic carbocycles. The van der Waals surface area contributed by atoms with E-state index < -0.39 is 0 Å². The first kappa shape index (κ1) is 39.0. The van der Waals surface area contributed by atoms with Crippen LogP contribution in [0.4, 0.5) is 0 Å². The van der Waals surface area contributed by atoms with E-state index in [1.165, 1.54) is 99.0 Å². The van der Waals surface area contributed by atoms with Crippen LogP contribution in [0.1, 0.15) is 106 Å². The van der Waals surface area contributed by atoms with Gasteiger partial charge in [0.2, 0.25) is 0 Å². The molecule has 3 heteroatoms. The largest absolute Gasteiger partial charge is 4.00 e. The van der Waals surface area contributed by atoms with E-state index in [1.807, 2.05) is 0 Å². The van der Waals surface area contributed by atoms with Crippen molar-refractivity contribution in [1.82, 2.24) is 0 Å². The monoisotopic (exact) mass is 736 g/mol. The van der Waals surface area contributed by atoms with Crippen molar-refractivity contribution in [2.75, 3.05) is 0 Å². The molecule has 0 N–H and O–H groups in total. The Kier molecular flexibility index (Phi) is 14.8. The minimum atomic E-state index is 0. The molecule has 0 aromatic heterocycles. The van der Waals surface area contributed by atoms with Gasteiger partial charge in [-0.15, -0.1) is 69.1 Å². The maximum atomic E-state index is 2.47. The van der Waals surface area contributed by atoms with Crippen LogP contribution in [-0.4, -0.2) is 0 Å². The number of rotatable bonds is 6. The Morgan fingerprint density at radius 1 is 0.638 bits per heavy atom. The maximum absolute atomic E-state index is 2.47. The molecule has 47 heavy (non-hydrogen) atoms. The van der Waals surface area contributed by atoms with Gasteiger partial charge < -0.3 is 24.8 Å². The van der Waals surface area contributed by atoms with Crippen LogP contribution in [0.25, 0.3) is 43.8 Å². The molecule has 0 aliphatic heterocycles. The van der Waals surface area contributed by atoms with Crippen molar-refractivity contribution in [2.24, 2.45) is 0 Å². The fourth-order valence-corrected chi connectivity index (χ4v) is 7.09. The van der Waals surface area contributed by atoms with E-state index in [0.29, 0.717) is 11.8 Å². The summed E-state index contributed by atoms with van der Waals surface area (Å²) < 4.78 is 0. The summed E-state index contributed by atoms with van der Waals surface area (Å²) in [6.07, 6.45) is 8.15. The molecule has 6 aromatic carbocycles. The maximum Gasteiger partial charge on any atom is 4.00 e. The van der Waals surface area contributed by atoms with Gasteiger partial charge in [0.1, 0.15) is 0 Å². The fraction of sp³-hybridized carbons (Fsp3) is 0.318. The van der Waals surface area contributed by atoms with Gasteiger partial charge in [0.25, 0.3) is 0 Å². The van der Waals surface area contributed by atoms with Crippen LogP contribution in [0.5, 0.6) is 0 Å². The third-order valence-corrected chi connectivity index (χ3v) is 10.0. The molecule has 1 aliphatic rings. The summed E-state index contributed by atoms with van der Waals surface area (Å²) in [7, 11) is 0. The first-order chi connectivity index (χ1) is 21.4. The SMILES string of the molecule is CC(C)c1ccc(-c2cccc3[cH-]c(C4CCCCC4)cc23)cc1.CCC(C)c1ccc(-c2cccc3[cH-]c(C)cc23)cc1.[Cl-].[Cl-].[Zr+4]. The van der Waals surface area contributed by atoms with Crippen molar-refractivity contribution in [2.45, 2.75) is 90.9 Å². The second-order valence-corrected chi connectivity index (χ2v) is 13.5. The molecule has 0 heterocycles. The summed E-state index contributed by atoms with van der Waals surface area (Å²) in [4.78, 5) is 0. The molecule has 1 atom stereocenters. The third-order valence-electron chi connectivity index (χ3n) is 10.0. The van der Waals surface area contributed by atoms with Crippen LogP contribution >= 0.6 is 0 Å². The van der Waals surface area contributed by atoms with Gasteiger partial charge in [-0.25, -0.2) is 0 Å². The summed E-state index contributed by atoms with van der Waals surface area (Å²) in [6, 6.07) is 41.0. The number of fused-ring (bicyclic) bond motifs is 2. The Balaban J connectivity index is 0.000000244. The molecular weight excluding hydrogens is 691 g/mol. The Hall–Kier alpha value is -2.44. The average molecular weight is 739 g/mol. The molecule has 1 unspecified atom stereocenters. The average Bonchev–Trinajstić information content (AvgIpc) is 3.68. The van der Waals surface area contributed by atoms with Crippen LogP contribution in [0, 0.1) is 6.92 Å². The zero-order chi connectivity index (χ0) is 30.6. The number of halogens is 2. The molecular formula is C44H48Cl2Zr. The predicted molar refractivity (Wildman–Crippen MR) is 193 cm³/mol. The molecule has 1 fully saturated rings. The summed E-state index contributed by atoms with van der Waals surface area (Å²) in [5.74, 6) is 2.01. The van der Waals surface area contributed by atoms with Crippen molar-refractivity contribution in [3.8, 4) is 22.3 Å². The van der Waals surface area contributed by atoms with E-state index in [2.05, 4.69) is 144 Å². The van der Waals surface area contributed by atoms with Crippen molar-refractivity contribution in [3.63, 3.8) is 0 Å². The van der Waals surface area contributed by atoms with Crippen molar-refractivity contribution in [3.05, 3.63) is 131 Å². The van der Waals surface area contributed by atoms with Crippen molar-refractivity contribution < 1.29 is 51.0 Å². The van der Waals surface area contributed by atoms with Gasteiger partial charge in [-0.2, -0.15) is 12.1 Å². The fourth-order valence-electron chi connectivity index (χ4n) is 7.09. The first-order valence-electron chi connectivity index (χ1n) is 17.0. The van der Waals surface area contributed by atoms with Gasteiger partial charge in [0.05, 0.1) is 0 Å². The normalized spacial score (nSPS) is 13.7. The summed E-state index contributed by atoms with van der Waals surface area (Å²) in [5.41, 5.74) is 11.1. The van der Waals surface area contributed by atoms with Gasteiger partial charge in [0.15, 0.2) is 0 Å². The van der Waals surface area contributed by atoms with E-state index >= 15 is 0 Å².